The maximum Gasteiger partial charge on any atom is 0.232 e. The summed E-state index contributed by atoms with van der Waals surface area (Å²) in [5.74, 6) is 0.398. The average molecular weight is 467 g/mol. The highest BCUT2D eigenvalue weighted by molar-refractivity contribution is 7.92. The quantitative estimate of drug-likeness (QED) is 0.510. The van der Waals surface area contributed by atoms with Gasteiger partial charge in [0.25, 0.3) is 0 Å². The molecule has 0 saturated heterocycles. The van der Waals surface area contributed by atoms with Gasteiger partial charge in [-0.1, -0.05) is 18.2 Å². The van der Waals surface area contributed by atoms with Crippen LogP contribution in [0.5, 0.6) is 11.5 Å². The Hall–Kier alpha value is -2.81. The van der Waals surface area contributed by atoms with Crippen molar-refractivity contribution < 1.29 is 27.1 Å². The molecule has 0 saturated carbocycles. The highest BCUT2D eigenvalue weighted by Gasteiger charge is 2.21. The Kier molecular flexibility index (Phi) is 9.31. The molecule has 0 spiro atoms. The van der Waals surface area contributed by atoms with Gasteiger partial charge in [-0.15, -0.1) is 0 Å². The fourth-order valence-electron chi connectivity index (χ4n) is 3.24. The number of anilines is 1. The number of halogens is 1. The lowest BCUT2D eigenvalue weighted by Gasteiger charge is -2.23. The molecular formula is C23H31FN2O5S. The van der Waals surface area contributed by atoms with Crippen molar-refractivity contribution in [3.05, 3.63) is 53.8 Å². The number of hydrogen-bond donors (Lipinski definition) is 1. The molecule has 1 N–H and O–H groups in total. The summed E-state index contributed by atoms with van der Waals surface area (Å²) >= 11 is 0. The predicted octanol–water partition coefficient (Wildman–Crippen LogP) is 4.05. The summed E-state index contributed by atoms with van der Waals surface area (Å²) in [7, 11) is -3.69. The van der Waals surface area contributed by atoms with E-state index in [1.54, 1.807) is 6.07 Å². The van der Waals surface area contributed by atoms with Crippen molar-refractivity contribution in [2.75, 3.05) is 30.3 Å². The molecule has 0 radical (unpaired) electrons. The van der Waals surface area contributed by atoms with Crippen molar-refractivity contribution in [3.63, 3.8) is 0 Å². The second-order valence-corrected chi connectivity index (χ2v) is 9.16. The van der Waals surface area contributed by atoms with Gasteiger partial charge < -0.3 is 14.8 Å². The summed E-state index contributed by atoms with van der Waals surface area (Å²) in [6.45, 7) is 6.63. The number of carbonyl (C=O) groups excluding carboxylic acids is 1. The molecule has 0 unspecified atom stereocenters. The van der Waals surface area contributed by atoms with Crippen molar-refractivity contribution in [1.82, 2.24) is 5.32 Å². The van der Waals surface area contributed by atoms with Gasteiger partial charge in [0.05, 0.1) is 31.2 Å². The van der Waals surface area contributed by atoms with Gasteiger partial charge in [-0.25, -0.2) is 12.8 Å². The number of rotatable bonds is 12. The highest BCUT2D eigenvalue weighted by Crippen LogP contribution is 2.30. The zero-order valence-electron chi connectivity index (χ0n) is 18.9. The van der Waals surface area contributed by atoms with Crippen LogP contribution in [0, 0.1) is 5.82 Å². The first-order valence-corrected chi connectivity index (χ1v) is 12.4. The number of ether oxygens (including phenoxy) is 2. The van der Waals surface area contributed by atoms with E-state index < -0.39 is 15.8 Å². The smallest absolute Gasteiger partial charge is 0.232 e. The fourth-order valence-corrected chi connectivity index (χ4v) is 4.20. The lowest BCUT2D eigenvalue weighted by molar-refractivity contribution is -0.121. The summed E-state index contributed by atoms with van der Waals surface area (Å²) in [5.41, 5.74) is 0.830. The molecule has 1 atom stereocenters. The molecule has 0 aliphatic carbocycles. The molecule has 176 valence electrons. The Morgan fingerprint density at radius 3 is 2.38 bits per heavy atom. The minimum Gasteiger partial charge on any atom is -0.490 e. The summed E-state index contributed by atoms with van der Waals surface area (Å²) in [6, 6.07) is 10.9. The molecule has 0 aromatic heterocycles. The van der Waals surface area contributed by atoms with E-state index in [-0.39, 0.29) is 37.0 Å². The van der Waals surface area contributed by atoms with Crippen LogP contribution in [0.15, 0.2) is 42.5 Å². The second kappa shape index (κ2) is 11.7. The van der Waals surface area contributed by atoms with Crippen molar-refractivity contribution in [2.45, 2.75) is 39.7 Å². The number of hydrogen-bond acceptors (Lipinski definition) is 5. The summed E-state index contributed by atoms with van der Waals surface area (Å²) in [5, 5.41) is 2.90. The zero-order valence-corrected chi connectivity index (χ0v) is 19.7. The van der Waals surface area contributed by atoms with E-state index in [4.69, 9.17) is 9.47 Å². The number of sulfonamides is 1. The van der Waals surface area contributed by atoms with Crippen LogP contribution in [0.1, 0.15) is 45.2 Å². The third-order valence-electron chi connectivity index (χ3n) is 4.73. The molecule has 0 aliphatic heterocycles. The minimum atomic E-state index is -3.69. The van der Waals surface area contributed by atoms with Gasteiger partial charge in [-0.3, -0.25) is 9.10 Å². The van der Waals surface area contributed by atoms with Crippen LogP contribution < -0.4 is 19.1 Å². The van der Waals surface area contributed by atoms with Crippen LogP contribution in [0.3, 0.4) is 0 Å². The zero-order chi connectivity index (χ0) is 23.7. The molecule has 2 aromatic carbocycles. The van der Waals surface area contributed by atoms with Gasteiger partial charge in [-0.05, 0) is 57.0 Å². The third-order valence-corrected chi connectivity index (χ3v) is 5.91. The average Bonchev–Trinajstić information content (AvgIpc) is 2.72. The molecule has 0 bridgehead atoms. The Bertz CT molecular complexity index is 1010. The predicted molar refractivity (Wildman–Crippen MR) is 123 cm³/mol. The molecule has 0 aliphatic rings. The van der Waals surface area contributed by atoms with Crippen LogP contribution in [-0.4, -0.2) is 40.3 Å². The summed E-state index contributed by atoms with van der Waals surface area (Å²) in [6.07, 6.45) is 1.36. The van der Waals surface area contributed by atoms with E-state index in [0.717, 1.165) is 16.1 Å². The van der Waals surface area contributed by atoms with Gasteiger partial charge in [0.1, 0.15) is 5.82 Å². The van der Waals surface area contributed by atoms with E-state index in [1.165, 1.54) is 18.2 Å². The normalized spacial score (nSPS) is 12.2. The maximum absolute atomic E-state index is 14.1. The standard InChI is InChI=1S/C23H31FN2O5S/c1-5-30-21-14-13-18(16-22(21)31-6-2)17(3)25-23(27)12-9-15-26(32(4,28)29)20-11-8-7-10-19(20)24/h7-8,10-11,13-14,16-17H,5-6,9,12,15H2,1-4H3,(H,25,27)/t17-/m0/s1. The summed E-state index contributed by atoms with van der Waals surface area (Å²) < 4.78 is 50.5. The van der Waals surface area contributed by atoms with Crippen LogP contribution in [0.4, 0.5) is 10.1 Å². The molecule has 1 amide bonds. The number of nitrogens with one attached hydrogen (secondary N) is 1. The largest absolute Gasteiger partial charge is 0.490 e. The SMILES string of the molecule is CCOc1ccc([C@H](C)NC(=O)CCCN(c2ccccc2F)S(C)(=O)=O)cc1OCC. The van der Waals surface area contributed by atoms with Gasteiger partial charge in [-0.2, -0.15) is 0 Å². The molecule has 7 nitrogen and oxygen atoms in total. The highest BCUT2D eigenvalue weighted by atomic mass is 32.2. The van der Waals surface area contributed by atoms with Crippen molar-refractivity contribution in [3.8, 4) is 11.5 Å². The van der Waals surface area contributed by atoms with E-state index >= 15 is 0 Å². The Balaban J connectivity index is 1.98. The number of amides is 1. The molecule has 9 heteroatoms. The Labute approximate surface area is 189 Å². The summed E-state index contributed by atoms with van der Waals surface area (Å²) in [4.78, 5) is 12.4. The van der Waals surface area contributed by atoms with Gasteiger partial charge in [0.2, 0.25) is 15.9 Å². The Morgan fingerprint density at radius 2 is 1.75 bits per heavy atom. The van der Waals surface area contributed by atoms with E-state index in [9.17, 15) is 17.6 Å². The maximum atomic E-state index is 14.1. The number of para-hydroxylation sites is 1. The second-order valence-electron chi connectivity index (χ2n) is 7.25. The van der Waals surface area contributed by atoms with Gasteiger partial charge >= 0.3 is 0 Å². The number of nitrogens with zero attached hydrogens (tertiary/aromatic N) is 1. The van der Waals surface area contributed by atoms with Crippen LogP contribution in [0.2, 0.25) is 0 Å². The molecule has 0 heterocycles. The van der Waals surface area contributed by atoms with Crippen LogP contribution >= 0.6 is 0 Å². The lowest BCUT2D eigenvalue weighted by atomic mass is 10.1. The van der Waals surface area contributed by atoms with Gasteiger partial charge in [0.15, 0.2) is 11.5 Å². The fraction of sp³-hybridized carbons (Fsp3) is 0.435. The van der Waals surface area contributed by atoms with Crippen molar-refractivity contribution in [1.29, 1.82) is 0 Å². The first kappa shape index (κ1) is 25.5. The van der Waals surface area contributed by atoms with E-state index in [2.05, 4.69) is 5.32 Å². The number of benzene rings is 2. The third kappa shape index (κ3) is 7.12. The van der Waals surface area contributed by atoms with Crippen molar-refractivity contribution >= 4 is 21.6 Å². The molecule has 32 heavy (non-hydrogen) atoms. The van der Waals surface area contributed by atoms with Crippen LogP contribution in [0.25, 0.3) is 0 Å². The van der Waals surface area contributed by atoms with E-state index in [0.29, 0.717) is 24.7 Å². The topological polar surface area (TPSA) is 84.9 Å². The first-order chi connectivity index (χ1) is 15.2. The first-order valence-electron chi connectivity index (χ1n) is 10.6. The van der Waals surface area contributed by atoms with E-state index in [1.807, 2.05) is 39.0 Å². The molecule has 2 rings (SSSR count). The molecular weight excluding hydrogens is 435 g/mol. The van der Waals surface area contributed by atoms with Crippen LogP contribution in [-0.2, 0) is 14.8 Å². The molecule has 2 aromatic rings. The monoisotopic (exact) mass is 466 g/mol. The minimum absolute atomic E-state index is 0.000884. The number of carbonyl (C=O) groups is 1. The molecule has 0 fully saturated rings. The van der Waals surface area contributed by atoms with Gasteiger partial charge in [0, 0.05) is 13.0 Å². The lowest BCUT2D eigenvalue weighted by Crippen LogP contribution is -2.33. The van der Waals surface area contributed by atoms with Crippen molar-refractivity contribution in [2.24, 2.45) is 0 Å². The Morgan fingerprint density at radius 1 is 1.09 bits per heavy atom.